The van der Waals surface area contributed by atoms with E-state index in [-0.39, 0.29) is 18.6 Å². The predicted octanol–water partition coefficient (Wildman–Crippen LogP) is 3.29. The Bertz CT molecular complexity index is 508. The van der Waals surface area contributed by atoms with Crippen LogP contribution in [0, 0.1) is 3.57 Å². The third kappa shape index (κ3) is 8.21. The molecule has 1 aromatic rings. The topological polar surface area (TPSA) is 64.6 Å². The van der Waals surface area contributed by atoms with E-state index in [0.29, 0.717) is 6.42 Å². The highest BCUT2D eigenvalue weighted by atomic mass is 127. The Hall–Kier alpha value is -1.31. The maximum atomic E-state index is 11.9. The van der Waals surface area contributed by atoms with Gasteiger partial charge in [-0.2, -0.15) is 0 Å². The molecule has 0 unspecified atom stereocenters. The monoisotopic (exact) mass is 419 g/mol. The van der Waals surface area contributed by atoms with Gasteiger partial charge >= 0.3 is 12.1 Å². The molecule has 0 heterocycles. The minimum atomic E-state index is -0.571. The average Bonchev–Trinajstić information content (AvgIpc) is 2.36. The van der Waals surface area contributed by atoms with Crippen molar-refractivity contribution in [1.29, 1.82) is 0 Å². The zero-order chi connectivity index (χ0) is 16.8. The maximum absolute atomic E-state index is 11.9. The molecule has 0 bridgehead atoms. The molecule has 0 saturated carbocycles. The normalized spacial score (nSPS) is 12.4. The lowest BCUT2D eigenvalue weighted by molar-refractivity contribution is -0.141. The highest BCUT2D eigenvalue weighted by molar-refractivity contribution is 14.1. The Balaban J connectivity index is 2.68. The molecule has 5 nitrogen and oxygen atoms in total. The largest absolute Gasteiger partial charge is 0.464 e. The molecule has 0 aliphatic carbocycles. The highest BCUT2D eigenvalue weighted by Gasteiger charge is 2.20. The zero-order valence-corrected chi connectivity index (χ0v) is 15.5. The van der Waals surface area contributed by atoms with E-state index >= 15 is 0 Å². The number of benzene rings is 1. The minimum Gasteiger partial charge on any atom is -0.464 e. The molecule has 1 atom stereocenters. The van der Waals surface area contributed by atoms with Crippen LogP contribution in [0.5, 0.6) is 0 Å². The number of amides is 1. The molecular formula is C16H22INO4. The highest BCUT2D eigenvalue weighted by Crippen LogP contribution is 2.11. The van der Waals surface area contributed by atoms with Crippen molar-refractivity contribution < 1.29 is 19.1 Å². The number of alkyl carbamates (subject to hydrolysis) is 1. The lowest BCUT2D eigenvalue weighted by atomic mass is 10.1. The van der Waals surface area contributed by atoms with Crippen LogP contribution >= 0.6 is 22.6 Å². The van der Waals surface area contributed by atoms with Crippen LogP contribution in [0.3, 0.4) is 0 Å². The first-order valence-electron chi connectivity index (χ1n) is 7.03. The van der Waals surface area contributed by atoms with E-state index in [1.54, 1.807) is 20.8 Å². The van der Waals surface area contributed by atoms with Crippen LogP contribution in [0.4, 0.5) is 4.79 Å². The summed E-state index contributed by atoms with van der Waals surface area (Å²) in [6.45, 7) is 6.85. The van der Waals surface area contributed by atoms with Crippen molar-refractivity contribution in [3.05, 3.63) is 33.4 Å². The number of ether oxygens (including phenoxy) is 2. The summed E-state index contributed by atoms with van der Waals surface area (Å²) >= 11 is 2.23. The fourth-order valence-electron chi connectivity index (χ4n) is 1.75. The van der Waals surface area contributed by atoms with Crippen LogP contribution in [-0.4, -0.2) is 30.3 Å². The second-order valence-electron chi connectivity index (χ2n) is 5.98. The number of hydrogen-bond acceptors (Lipinski definition) is 4. The molecule has 1 aromatic carbocycles. The molecule has 0 aliphatic heterocycles. The van der Waals surface area contributed by atoms with Gasteiger partial charge in [0.1, 0.15) is 12.2 Å². The molecule has 6 heteroatoms. The first kappa shape index (κ1) is 18.7. The van der Waals surface area contributed by atoms with Crippen molar-refractivity contribution in [2.24, 2.45) is 0 Å². The fraction of sp³-hybridized carbons (Fsp3) is 0.500. The molecule has 0 aliphatic rings. The first-order chi connectivity index (χ1) is 10.2. The summed E-state index contributed by atoms with van der Waals surface area (Å²) in [6.07, 6.45) is 0.0406. The second kappa shape index (κ2) is 8.36. The van der Waals surface area contributed by atoms with E-state index < -0.39 is 11.7 Å². The van der Waals surface area contributed by atoms with E-state index in [1.807, 2.05) is 24.3 Å². The van der Waals surface area contributed by atoms with Gasteiger partial charge in [-0.3, -0.25) is 4.79 Å². The van der Waals surface area contributed by atoms with Gasteiger partial charge in [0, 0.05) is 10.5 Å². The number of carbonyl (C=O) groups is 2. The zero-order valence-electron chi connectivity index (χ0n) is 13.3. The molecule has 0 spiro atoms. The molecule has 0 aromatic heterocycles. The standard InChI is InChI=1S/C16H22INO4/c1-11(19)21-10-14(18-15(20)22-16(2,3)4)9-12-5-7-13(17)8-6-12/h5-8,14H,9-10H2,1-4H3,(H,18,20)/t14-/m0/s1. The van der Waals surface area contributed by atoms with Gasteiger partial charge in [-0.05, 0) is 67.5 Å². The van der Waals surface area contributed by atoms with Gasteiger partial charge in [0.25, 0.3) is 0 Å². The summed E-state index contributed by atoms with van der Waals surface area (Å²) < 4.78 is 11.4. The van der Waals surface area contributed by atoms with Crippen LogP contribution in [0.1, 0.15) is 33.3 Å². The van der Waals surface area contributed by atoms with Crippen molar-refractivity contribution in [1.82, 2.24) is 5.32 Å². The number of carbonyl (C=O) groups excluding carboxylic acids is 2. The molecule has 1 N–H and O–H groups in total. The average molecular weight is 419 g/mol. The molecule has 122 valence electrons. The van der Waals surface area contributed by atoms with Crippen molar-refractivity contribution in [2.45, 2.75) is 45.8 Å². The van der Waals surface area contributed by atoms with Gasteiger partial charge in [-0.25, -0.2) is 4.79 Å². The Labute approximate surface area is 144 Å². The summed E-state index contributed by atoms with van der Waals surface area (Å²) in [7, 11) is 0. The summed E-state index contributed by atoms with van der Waals surface area (Å²) in [5, 5.41) is 2.75. The Morgan fingerprint density at radius 1 is 1.23 bits per heavy atom. The second-order valence-corrected chi connectivity index (χ2v) is 7.22. The third-order valence-electron chi connectivity index (χ3n) is 2.60. The molecule has 0 saturated heterocycles. The van der Waals surface area contributed by atoms with E-state index in [1.165, 1.54) is 6.92 Å². The fourth-order valence-corrected chi connectivity index (χ4v) is 2.11. The molecule has 1 amide bonds. The van der Waals surface area contributed by atoms with Gasteiger partial charge < -0.3 is 14.8 Å². The summed E-state index contributed by atoms with van der Waals surface area (Å²) in [5.41, 5.74) is 0.479. The number of esters is 1. The Morgan fingerprint density at radius 3 is 2.32 bits per heavy atom. The minimum absolute atomic E-state index is 0.112. The predicted molar refractivity (Wildman–Crippen MR) is 92.7 cm³/mol. The molecule has 0 radical (unpaired) electrons. The lowest BCUT2D eigenvalue weighted by Crippen LogP contribution is -2.43. The smallest absolute Gasteiger partial charge is 0.408 e. The van der Waals surface area contributed by atoms with Crippen LogP contribution in [0.25, 0.3) is 0 Å². The van der Waals surface area contributed by atoms with E-state index in [2.05, 4.69) is 27.9 Å². The van der Waals surface area contributed by atoms with Crippen molar-refractivity contribution in [2.75, 3.05) is 6.61 Å². The SMILES string of the molecule is CC(=O)OC[C@H](Cc1ccc(I)cc1)NC(=O)OC(C)(C)C. The van der Waals surface area contributed by atoms with Gasteiger partial charge in [-0.15, -0.1) is 0 Å². The Kier molecular flexibility index (Phi) is 7.12. The summed E-state index contributed by atoms with van der Waals surface area (Å²) in [5.74, 6) is -0.376. The molecule has 22 heavy (non-hydrogen) atoms. The summed E-state index contributed by atoms with van der Waals surface area (Å²) in [6, 6.07) is 7.62. The van der Waals surface area contributed by atoms with Crippen LogP contribution < -0.4 is 5.32 Å². The number of halogens is 1. The van der Waals surface area contributed by atoms with Gasteiger partial charge in [-0.1, -0.05) is 12.1 Å². The molecule has 0 fully saturated rings. The Morgan fingerprint density at radius 2 is 1.82 bits per heavy atom. The van der Waals surface area contributed by atoms with Gasteiger partial charge in [0.05, 0.1) is 6.04 Å². The number of hydrogen-bond donors (Lipinski definition) is 1. The number of rotatable bonds is 5. The summed E-state index contributed by atoms with van der Waals surface area (Å²) in [4.78, 5) is 22.9. The molecule has 1 rings (SSSR count). The third-order valence-corrected chi connectivity index (χ3v) is 3.32. The molecular weight excluding hydrogens is 397 g/mol. The number of nitrogens with one attached hydrogen (secondary N) is 1. The van der Waals surface area contributed by atoms with E-state index in [4.69, 9.17) is 9.47 Å². The van der Waals surface area contributed by atoms with Crippen molar-refractivity contribution in [3.8, 4) is 0 Å². The van der Waals surface area contributed by atoms with Crippen molar-refractivity contribution in [3.63, 3.8) is 0 Å². The van der Waals surface area contributed by atoms with Gasteiger partial charge in [0.15, 0.2) is 0 Å². The van der Waals surface area contributed by atoms with Crippen LogP contribution in [-0.2, 0) is 20.7 Å². The van der Waals surface area contributed by atoms with Gasteiger partial charge in [0.2, 0.25) is 0 Å². The van der Waals surface area contributed by atoms with E-state index in [0.717, 1.165) is 9.13 Å². The first-order valence-corrected chi connectivity index (χ1v) is 8.11. The van der Waals surface area contributed by atoms with E-state index in [9.17, 15) is 9.59 Å². The quantitative estimate of drug-likeness (QED) is 0.588. The van der Waals surface area contributed by atoms with Crippen molar-refractivity contribution >= 4 is 34.7 Å². The lowest BCUT2D eigenvalue weighted by Gasteiger charge is -2.23. The maximum Gasteiger partial charge on any atom is 0.408 e. The van der Waals surface area contributed by atoms with Crippen LogP contribution in [0.2, 0.25) is 0 Å². The van der Waals surface area contributed by atoms with Crippen LogP contribution in [0.15, 0.2) is 24.3 Å².